The molecular weight excluding hydrogens is 362 g/mol. The summed E-state index contributed by atoms with van der Waals surface area (Å²) in [5.74, 6) is 0.331. The van der Waals surface area contributed by atoms with Crippen molar-refractivity contribution >= 4 is 39.1 Å². The minimum absolute atomic E-state index is 0.113. The molecule has 6 nitrogen and oxygen atoms in total. The van der Waals surface area contributed by atoms with Gasteiger partial charge in [-0.05, 0) is 24.3 Å². The van der Waals surface area contributed by atoms with Gasteiger partial charge in [0.2, 0.25) is 0 Å². The lowest BCUT2D eigenvalue weighted by molar-refractivity contribution is -0.385. The Hall–Kier alpha value is -2.12. The fourth-order valence-corrected chi connectivity index (χ4v) is 2.27. The molecule has 0 amide bonds. The molecule has 0 aromatic heterocycles. The predicted octanol–water partition coefficient (Wildman–Crippen LogP) is 4.09. The van der Waals surface area contributed by atoms with Gasteiger partial charge in [0.1, 0.15) is 17.3 Å². The number of halogens is 2. The lowest BCUT2D eigenvalue weighted by atomic mass is 10.2. The van der Waals surface area contributed by atoms with Crippen LogP contribution in [0.15, 0.2) is 40.9 Å². The van der Waals surface area contributed by atoms with Gasteiger partial charge in [-0.25, -0.2) is 0 Å². The van der Waals surface area contributed by atoms with E-state index in [9.17, 15) is 10.1 Å². The van der Waals surface area contributed by atoms with Crippen LogP contribution < -0.4 is 10.5 Å². The van der Waals surface area contributed by atoms with Gasteiger partial charge < -0.3 is 10.5 Å². The summed E-state index contributed by atoms with van der Waals surface area (Å²) in [6, 6.07) is 8.84. The van der Waals surface area contributed by atoms with E-state index in [1.54, 1.807) is 18.2 Å². The number of non-ortho nitro benzene ring substituents is 1. The maximum Gasteiger partial charge on any atom is 0.274 e. The van der Waals surface area contributed by atoms with Crippen LogP contribution in [0.3, 0.4) is 0 Å². The summed E-state index contributed by atoms with van der Waals surface area (Å²) in [7, 11) is 0. The van der Waals surface area contributed by atoms with Crippen LogP contribution in [0, 0.1) is 15.5 Å². The van der Waals surface area contributed by atoms with E-state index in [1.165, 1.54) is 18.2 Å². The zero-order valence-electron chi connectivity index (χ0n) is 10.5. The van der Waals surface area contributed by atoms with Gasteiger partial charge in [-0.1, -0.05) is 27.5 Å². The number of hydrogen-bond donors (Lipinski definition) is 2. The van der Waals surface area contributed by atoms with Crippen molar-refractivity contribution < 1.29 is 9.66 Å². The molecule has 21 heavy (non-hydrogen) atoms. The summed E-state index contributed by atoms with van der Waals surface area (Å²) in [6.45, 7) is 0. The van der Waals surface area contributed by atoms with Crippen molar-refractivity contribution in [3.8, 4) is 11.5 Å². The molecule has 0 radical (unpaired) electrons. The fraction of sp³-hybridized carbons (Fsp3) is 0. The third kappa shape index (κ3) is 3.71. The number of benzene rings is 2. The number of nitro benzene ring substituents is 1. The minimum Gasteiger partial charge on any atom is -0.456 e. The van der Waals surface area contributed by atoms with E-state index in [1.807, 2.05) is 0 Å². The lowest BCUT2D eigenvalue weighted by Gasteiger charge is -2.11. The van der Waals surface area contributed by atoms with Gasteiger partial charge in [0.15, 0.2) is 0 Å². The molecule has 8 heteroatoms. The molecular formula is C13H9BrClN3O3. The third-order valence-electron chi connectivity index (χ3n) is 2.53. The number of nitrogen functional groups attached to an aromatic ring is 1. The summed E-state index contributed by atoms with van der Waals surface area (Å²) in [5.41, 5.74) is 5.67. The van der Waals surface area contributed by atoms with E-state index in [0.29, 0.717) is 20.8 Å². The van der Waals surface area contributed by atoms with Crippen LogP contribution in [0.25, 0.3) is 0 Å². The first-order valence-corrected chi connectivity index (χ1v) is 6.80. The van der Waals surface area contributed by atoms with Crippen molar-refractivity contribution in [2.45, 2.75) is 0 Å². The van der Waals surface area contributed by atoms with E-state index in [-0.39, 0.29) is 17.3 Å². The Kier molecular flexibility index (Phi) is 4.44. The summed E-state index contributed by atoms with van der Waals surface area (Å²) >= 11 is 9.03. The van der Waals surface area contributed by atoms with Gasteiger partial charge in [-0.2, -0.15) is 0 Å². The van der Waals surface area contributed by atoms with E-state index in [4.69, 9.17) is 27.5 Å². The van der Waals surface area contributed by atoms with Gasteiger partial charge in [0.05, 0.1) is 16.6 Å². The van der Waals surface area contributed by atoms with Crippen LogP contribution in [0.2, 0.25) is 5.02 Å². The fourth-order valence-electron chi connectivity index (χ4n) is 1.64. The monoisotopic (exact) mass is 369 g/mol. The molecule has 0 saturated heterocycles. The summed E-state index contributed by atoms with van der Waals surface area (Å²) in [4.78, 5) is 10.3. The van der Waals surface area contributed by atoms with Gasteiger partial charge in [-0.15, -0.1) is 0 Å². The number of ether oxygens (including phenoxy) is 1. The van der Waals surface area contributed by atoms with Crippen molar-refractivity contribution in [2.24, 2.45) is 5.73 Å². The van der Waals surface area contributed by atoms with E-state index >= 15 is 0 Å². The first-order chi connectivity index (χ1) is 9.86. The standard InChI is InChI=1S/C13H9BrClN3O3/c14-7-3-9(18(19)20)6-10(4-7)21-12-2-1-8(15)5-11(12)13(16)17/h1-6H,(H3,16,17). The van der Waals surface area contributed by atoms with Crippen molar-refractivity contribution in [1.29, 1.82) is 5.41 Å². The largest absolute Gasteiger partial charge is 0.456 e. The number of nitrogens with one attached hydrogen (secondary N) is 1. The number of nitro groups is 1. The average molecular weight is 371 g/mol. The molecule has 0 unspecified atom stereocenters. The topological polar surface area (TPSA) is 102 Å². The van der Waals surface area contributed by atoms with Crippen molar-refractivity contribution in [1.82, 2.24) is 0 Å². The Balaban J connectivity index is 2.43. The Morgan fingerprint density at radius 2 is 2.05 bits per heavy atom. The molecule has 0 fully saturated rings. The molecule has 0 spiro atoms. The second-order valence-electron chi connectivity index (χ2n) is 4.06. The molecule has 2 aromatic rings. The maximum absolute atomic E-state index is 10.8. The van der Waals surface area contributed by atoms with Crippen LogP contribution in [-0.4, -0.2) is 10.8 Å². The normalized spacial score (nSPS) is 10.2. The van der Waals surface area contributed by atoms with Crippen LogP contribution in [0.4, 0.5) is 5.69 Å². The summed E-state index contributed by atoms with van der Waals surface area (Å²) < 4.78 is 6.09. The third-order valence-corrected chi connectivity index (χ3v) is 3.22. The number of nitrogens with zero attached hydrogens (tertiary/aromatic N) is 1. The van der Waals surface area contributed by atoms with Crippen LogP contribution >= 0.6 is 27.5 Å². The van der Waals surface area contributed by atoms with Crippen LogP contribution in [0.1, 0.15) is 5.56 Å². The SMILES string of the molecule is N=C(N)c1cc(Cl)ccc1Oc1cc(Br)cc([N+](=O)[O-])c1. The van der Waals surface area contributed by atoms with Gasteiger partial charge >= 0.3 is 0 Å². The zero-order chi connectivity index (χ0) is 15.6. The molecule has 0 saturated carbocycles. The summed E-state index contributed by atoms with van der Waals surface area (Å²) in [6.07, 6.45) is 0. The van der Waals surface area contributed by atoms with Gasteiger partial charge in [0.25, 0.3) is 5.69 Å². The minimum atomic E-state index is -0.522. The molecule has 0 aliphatic carbocycles. The Morgan fingerprint density at radius 1 is 1.33 bits per heavy atom. The Bertz CT molecular complexity index is 737. The van der Waals surface area contributed by atoms with Crippen molar-refractivity contribution in [3.05, 3.63) is 61.6 Å². The lowest BCUT2D eigenvalue weighted by Crippen LogP contribution is -2.12. The van der Waals surface area contributed by atoms with Gasteiger partial charge in [0, 0.05) is 15.6 Å². The van der Waals surface area contributed by atoms with E-state index < -0.39 is 4.92 Å². The second-order valence-corrected chi connectivity index (χ2v) is 5.41. The number of amidine groups is 1. The Labute approximate surface area is 133 Å². The Morgan fingerprint density at radius 3 is 2.67 bits per heavy atom. The van der Waals surface area contributed by atoms with E-state index in [0.717, 1.165) is 0 Å². The average Bonchev–Trinajstić information content (AvgIpc) is 2.40. The maximum atomic E-state index is 10.8. The zero-order valence-corrected chi connectivity index (χ0v) is 12.8. The predicted molar refractivity (Wildman–Crippen MR) is 83.3 cm³/mol. The highest BCUT2D eigenvalue weighted by Gasteiger charge is 2.13. The van der Waals surface area contributed by atoms with Gasteiger partial charge in [-0.3, -0.25) is 15.5 Å². The molecule has 2 aromatic carbocycles. The second kappa shape index (κ2) is 6.11. The van der Waals surface area contributed by atoms with Crippen molar-refractivity contribution in [3.63, 3.8) is 0 Å². The molecule has 0 aliphatic heterocycles. The molecule has 3 N–H and O–H groups in total. The van der Waals surface area contributed by atoms with Crippen LogP contribution in [-0.2, 0) is 0 Å². The smallest absolute Gasteiger partial charge is 0.274 e. The summed E-state index contributed by atoms with van der Waals surface area (Å²) in [5, 5.41) is 18.8. The number of hydrogen-bond acceptors (Lipinski definition) is 4. The highest BCUT2D eigenvalue weighted by atomic mass is 79.9. The van der Waals surface area contributed by atoms with E-state index in [2.05, 4.69) is 15.9 Å². The highest BCUT2D eigenvalue weighted by molar-refractivity contribution is 9.10. The number of rotatable bonds is 4. The highest BCUT2D eigenvalue weighted by Crippen LogP contribution is 2.32. The molecule has 2 rings (SSSR count). The molecule has 108 valence electrons. The van der Waals surface area contributed by atoms with Crippen molar-refractivity contribution in [2.75, 3.05) is 0 Å². The quantitative estimate of drug-likeness (QED) is 0.366. The van der Waals surface area contributed by atoms with Crippen LogP contribution in [0.5, 0.6) is 11.5 Å². The molecule has 0 heterocycles. The molecule has 0 atom stereocenters. The molecule has 0 bridgehead atoms. The first-order valence-electron chi connectivity index (χ1n) is 5.63. The first kappa shape index (κ1) is 15.3. The molecule has 0 aliphatic rings. The number of nitrogens with two attached hydrogens (primary N) is 1.